The SMILES string of the molecule is COCC(O)CN(C)c1ncccc1Cl. The van der Waals surface area contributed by atoms with Crippen molar-refractivity contribution < 1.29 is 9.84 Å². The number of likely N-dealkylation sites (N-methyl/N-ethyl adjacent to an activating group) is 1. The summed E-state index contributed by atoms with van der Waals surface area (Å²) in [5, 5.41) is 10.1. The van der Waals surface area contributed by atoms with Crippen molar-refractivity contribution in [1.82, 2.24) is 4.98 Å². The highest BCUT2D eigenvalue weighted by Crippen LogP contribution is 2.20. The fourth-order valence-electron chi connectivity index (χ4n) is 1.31. The van der Waals surface area contributed by atoms with Crippen molar-refractivity contribution in [2.24, 2.45) is 0 Å². The highest BCUT2D eigenvalue weighted by atomic mass is 35.5. The maximum absolute atomic E-state index is 9.53. The van der Waals surface area contributed by atoms with Crippen LogP contribution in [0.1, 0.15) is 0 Å². The number of methoxy groups -OCH3 is 1. The molecule has 84 valence electrons. The van der Waals surface area contributed by atoms with E-state index in [0.717, 1.165) is 0 Å². The van der Waals surface area contributed by atoms with Gasteiger partial charge in [0.25, 0.3) is 0 Å². The lowest BCUT2D eigenvalue weighted by atomic mass is 10.3. The third-order valence-corrected chi connectivity index (χ3v) is 2.24. The quantitative estimate of drug-likeness (QED) is 0.825. The van der Waals surface area contributed by atoms with E-state index in [1.54, 1.807) is 30.3 Å². The van der Waals surface area contributed by atoms with Crippen LogP contribution >= 0.6 is 11.6 Å². The molecule has 0 spiro atoms. The van der Waals surface area contributed by atoms with Gasteiger partial charge in [-0.1, -0.05) is 11.6 Å². The lowest BCUT2D eigenvalue weighted by molar-refractivity contribution is 0.0694. The number of nitrogens with zero attached hydrogens (tertiary/aromatic N) is 2. The summed E-state index contributed by atoms with van der Waals surface area (Å²) in [7, 11) is 3.38. The van der Waals surface area contributed by atoms with E-state index in [1.165, 1.54) is 0 Å². The molecule has 0 aliphatic rings. The molecule has 0 amide bonds. The second-order valence-electron chi connectivity index (χ2n) is 3.30. The van der Waals surface area contributed by atoms with Crippen LogP contribution in [-0.4, -0.2) is 43.5 Å². The van der Waals surface area contributed by atoms with E-state index in [4.69, 9.17) is 16.3 Å². The minimum atomic E-state index is -0.543. The predicted octanol–water partition coefficient (Wildman–Crippen LogP) is 1.18. The highest BCUT2D eigenvalue weighted by molar-refractivity contribution is 6.32. The van der Waals surface area contributed by atoms with Gasteiger partial charge in [-0.2, -0.15) is 0 Å². The molecule has 1 aromatic heterocycles. The summed E-state index contributed by atoms with van der Waals surface area (Å²) in [5.74, 6) is 0.661. The Morgan fingerprint density at radius 3 is 3.00 bits per heavy atom. The molecule has 4 nitrogen and oxygen atoms in total. The van der Waals surface area contributed by atoms with Crippen molar-refractivity contribution >= 4 is 17.4 Å². The number of hydrogen-bond donors (Lipinski definition) is 1. The van der Waals surface area contributed by atoms with E-state index in [9.17, 15) is 5.11 Å². The topological polar surface area (TPSA) is 45.6 Å². The molecule has 0 fully saturated rings. The smallest absolute Gasteiger partial charge is 0.147 e. The fraction of sp³-hybridized carbons (Fsp3) is 0.500. The van der Waals surface area contributed by atoms with Gasteiger partial charge in [0.2, 0.25) is 0 Å². The van der Waals surface area contributed by atoms with Crippen molar-refractivity contribution in [3.8, 4) is 0 Å². The van der Waals surface area contributed by atoms with Crippen LogP contribution in [0, 0.1) is 0 Å². The molecule has 0 bridgehead atoms. The van der Waals surface area contributed by atoms with Gasteiger partial charge in [-0.3, -0.25) is 0 Å². The molecule has 1 unspecified atom stereocenters. The molecule has 0 radical (unpaired) electrons. The minimum absolute atomic E-state index is 0.300. The number of rotatable bonds is 5. The summed E-state index contributed by atoms with van der Waals surface area (Å²) in [6.45, 7) is 0.735. The standard InChI is InChI=1S/C10H15ClN2O2/c1-13(6-8(14)7-15-2)10-9(11)4-3-5-12-10/h3-5,8,14H,6-7H2,1-2H3. The first-order valence-corrected chi connectivity index (χ1v) is 5.01. The van der Waals surface area contributed by atoms with Crippen molar-refractivity contribution in [3.05, 3.63) is 23.4 Å². The van der Waals surface area contributed by atoms with Gasteiger partial charge in [0.05, 0.1) is 17.7 Å². The Kier molecular flexibility index (Phi) is 4.81. The molecular weight excluding hydrogens is 216 g/mol. The van der Waals surface area contributed by atoms with Crippen LogP contribution in [0.15, 0.2) is 18.3 Å². The third-order valence-electron chi connectivity index (χ3n) is 1.94. The lowest BCUT2D eigenvalue weighted by Crippen LogP contribution is -2.32. The molecule has 1 aromatic rings. The second-order valence-corrected chi connectivity index (χ2v) is 3.71. The monoisotopic (exact) mass is 230 g/mol. The van der Waals surface area contributed by atoms with Crippen LogP contribution < -0.4 is 4.90 Å². The van der Waals surface area contributed by atoms with Gasteiger partial charge in [0.15, 0.2) is 0 Å². The van der Waals surface area contributed by atoms with Crippen LogP contribution in [-0.2, 0) is 4.74 Å². The van der Waals surface area contributed by atoms with Gasteiger partial charge in [0.1, 0.15) is 5.82 Å². The van der Waals surface area contributed by atoms with E-state index in [2.05, 4.69) is 4.98 Å². The number of anilines is 1. The number of aliphatic hydroxyl groups is 1. The number of aliphatic hydroxyl groups excluding tert-OH is 1. The molecule has 1 rings (SSSR count). The Labute approximate surface area is 94.4 Å². The summed E-state index contributed by atoms with van der Waals surface area (Å²) >= 11 is 5.96. The number of halogens is 1. The molecule has 5 heteroatoms. The zero-order chi connectivity index (χ0) is 11.3. The van der Waals surface area contributed by atoms with E-state index >= 15 is 0 Å². The Balaban J connectivity index is 2.61. The molecule has 1 atom stereocenters. The van der Waals surface area contributed by atoms with E-state index in [-0.39, 0.29) is 0 Å². The fourth-order valence-corrected chi connectivity index (χ4v) is 1.57. The summed E-state index contributed by atoms with van der Waals surface area (Å²) < 4.78 is 4.84. The van der Waals surface area contributed by atoms with Crippen LogP contribution in [0.5, 0.6) is 0 Å². The van der Waals surface area contributed by atoms with Crippen LogP contribution in [0.4, 0.5) is 5.82 Å². The molecule has 0 saturated heterocycles. The first kappa shape index (κ1) is 12.2. The zero-order valence-electron chi connectivity index (χ0n) is 8.85. The first-order valence-electron chi connectivity index (χ1n) is 4.63. The highest BCUT2D eigenvalue weighted by Gasteiger charge is 2.11. The van der Waals surface area contributed by atoms with Gasteiger partial charge in [-0.05, 0) is 12.1 Å². The van der Waals surface area contributed by atoms with Crippen molar-refractivity contribution in [3.63, 3.8) is 0 Å². The average molecular weight is 231 g/mol. The molecule has 0 saturated carbocycles. The summed E-state index contributed by atoms with van der Waals surface area (Å²) in [5.41, 5.74) is 0. The summed E-state index contributed by atoms with van der Waals surface area (Å²) in [6, 6.07) is 3.54. The van der Waals surface area contributed by atoms with Crippen LogP contribution in [0.2, 0.25) is 5.02 Å². The van der Waals surface area contributed by atoms with Gasteiger partial charge >= 0.3 is 0 Å². The number of pyridine rings is 1. The van der Waals surface area contributed by atoms with Gasteiger partial charge in [-0.15, -0.1) is 0 Å². The second kappa shape index (κ2) is 5.90. The molecular formula is C10H15ClN2O2. The van der Waals surface area contributed by atoms with E-state index < -0.39 is 6.10 Å². The first-order chi connectivity index (χ1) is 7.15. The van der Waals surface area contributed by atoms with E-state index in [0.29, 0.717) is 24.0 Å². The molecule has 1 N–H and O–H groups in total. The summed E-state index contributed by atoms with van der Waals surface area (Å²) in [6.07, 6.45) is 1.12. The van der Waals surface area contributed by atoms with Gasteiger partial charge in [-0.25, -0.2) is 4.98 Å². The molecule has 15 heavy (non-hydrogen) atoms. The number of aromatic nitrogens is 1. The Morgan fingerprint density at radius 2 is 2.40 bits per heavy atom. The third kappa shape index (κ3) is 3.66. The van der Waals surface area contributed by atoms with E-state index in [1.807, 2.05) is 7.05 Å². The normalized spacial score (nSPS) is 12.5. The predicted molar refractivity (Wildman–Crippen MR) is 60.4 cm³/mol. The molecule has 0 aliphatic heterocycles. The van der Waals surface area contributed by atoms with Crippen LogP contribution in [0.3, 0.4) is 0 Å². The zero-order valence-corrected chi connectivity index (χ0v) is 9.61. The number of ether oxygens (including phenoxy) is 1. The Hall–Kier alpha value is -0.840. The summed E-state index contributed by atoms with van der Waals surface area (Å²) in [4.78, 5) is 5.93. The Bertz CT molecular complexity index is 309. The van der Waals surface area contributed by atoms with Crippen LogP contribution in [0.25, 0.3) is 0 Å². The average Bonchev–Trinajstić information content (AvgIpc) is 2.18. The van der Waals surface area contributed by atoms with Crippen molar-refractivity contribution in [2.45, 2.75) is 6.10 Å². The molecule has 0 aliphatic carbocycles. The Morgan fingerprint density at radius 1 is 1.67 bits per heavy atom. The largest absolute Gasteiger partial charge is 0.389 e. The number of hydrogen-bond acceptors (Lipinski definition) is 4. The van der Waals surface area contributed by atoms with Crippen molar-refractivity contribution in [1.29, 1.82) is 0 Å². The van der Waals surface area contributed by atoms with Gasteiger partial charge < -0.3 is 14.7 Å². The maximum atomic E-state index is 9.53. The minimum Gasteiger partial charge on any atom is -0.389 e. The lowest BCUT2D eigenvalue weighted by Gasteiger charge is -2.21. The maximum Gasteiger partial charge on any atom is 0.147 e. The molecule has 0 aromatic carbocycles. The van der Waals surface area contributed by atoms with Gasteiger partial charge in [0, 0.05) is 26.9 Å². The van der Waals surface area contributed by atoms with Crippen molar-refractivity contribution in [2.75, 3.05) is 32.2 Å². The molecule has 1 heterocycles.